The van der Waals surface area contributed by atoms with E-state index in [1.165, 1.54) is 218 Å². The van der Waals surface area contributed by atoms with Gasteiger partial charge in [0, 0.05) is 18.4 Å². The lowest BCUT2D eigenvalue weighted by atomic mass is 10.1. The van der Waals surface area contributed by atoms with Crippen molar-refractivity contribution < 1.29 is 35.7 Å². The van der Waals surface area contributed by atoms with E-state index in [2.05, 4.69) is 65.0 Å². The molecule has 0 fully saturated rings. The fraction of sp³-hybridized carbons (Fsp3) is 0.891. The molecule has 0 amide bonds. The van der Waals surface area contributed by atoms with Crippen LogP contribution in [0.5, 0.6) is 0 Å². The Bertz CT molecular complexity index is 888. The molecule has 0 aliphatic heterocycles. The molecule has 4 nitrogen and oxygen atoms in total. The van der Waals surface area contributed by atoms with Crippen LogP contribution >= 0.6 is 0 Å². The van der Waals surface area contributed by atoms with Gasteiger partial charge in [0.1, 0.15) is 6.54 Å². The number of quaternary nitrogens is 1. The summed E-state index contributed by atoms with van der Waals surface area (Å²) in [5.41, 5.74) is 1.47. The minimum absolute atomic E-state index is 0. The highest BCUT2D eigenvalue weighted by atomic mass is 79.9. The van der Waals surface area contributed by atoms with Crippen molar-refractivity contribution >= 4 is 0 Å². The maximum absolute atomic E-state index is 6.93. The van der Waals surface area contributed by atoms with E-state index in [4.69, 9.17) is 14.2 Å². The van der Waals surface area contributed by atoms with Crippen LogP contribution in [0.1, 0.15) is 271 Å². The number of ether oxygens (including phenoxy) is 3. The molecule has 5 heteroatoms. The number of benzene rings is 1. The zero-order chi connectivity index (χ0) is 42.6. The van der Waals surface area contributed by atoms with Gasteiger partial charge in [-0.1, -0.05) is 251 Å². The largest absolute Gasteiger partial charge is 1.00 e. The minimum Gasteiger partial charge on any atom is -1.00 e. The van der Waals surface area contributed by atoms with Gasteiger partial charge in [-0.2, -0.15) is 0 Å². The van der Waals surface area contributed by atoms with Crippen molar-refractivity contribution in [3.63, 3.8) is 0 Å². The summed E-state index contributed by atoms with van der Waals surface area (Å²) in [4.78, 5) is 0. The van der Waals surface area contributed by atoms with Crippen LogP contribution in [0.15, 0.2) is 30.3 Å². The summed E-state index contributed by atoms with van der Waals surface area (Å²) in [6.07, 6.45) is 47.0. The Labute approximate surface area is 387 Å². The van der Waals surface area contributed by atoms with Crippen LogP contribution < -0.4 is 17.0 Å². The molecule has 1 rings (SSSR count). The van der Waals surface area contributed by atoms with Crippen molar-refractivity contribution in [1.29, 1.82) is 0 Å². The average Bonchev–Trinajstić information content (AvgIpc) is 3.25. The third kappa shape index (κ3) is 35.0. The highest BCUT2D eigenvalue weighted by molar-refractivity contribution is 5.13. The van der Waals surface area contributed by atoms with Gasteiger partial charge in [-0.25, -0.2) is 0 Å². The summed E-state index contributed by atoms with van der Waals surface area (Å²) >= 11 is 0. The van der Waals surface area contributed by atoms with Crippen LogP contribution in [-0.2, 0) is 20.8 Å². The monoisotopic (exact) mass is 908 g/mol. The van der Waals surface area contributed by atoms with Gasteiger partial charge in [0.25, 0.3) is 5.97 Å². The Kier molecular flexibility index (Phi) is 44.8. The van der Waals surface area contributed by atoms with Gasteiger partial charge in [-0.3, -0.25) is 0 Å². The van der Waals surface area contributed by atoms with E-state index in [-0.39, 0.29) is 17.0 Å². The first-order valence-electron chi connectivity index (χ1n) is 26.9. The summed E-state index contributed by atoms with van der Waals surface area (Å²) in [7, 11) is 0. The topological polar surface area (TPSA) is 27.7 Å². The quantitative estimate of drug-likeness (QED) is 0.0370. The van der Waals surface area contributed by atoms with Crippen LogP contribution in [0.3, 0.4) is 0 Å². The van der Waals surface area contributed by atoms with Gasteiger partial charge >= 0.3 is 0 Å². The predicted molar refractivity (Wildman–Crippen MR) is 260 cm³/mol. The number of halogens is 1. The molecule has 1 aromatic rings. The Morgan fingerprint density at radius 3 is 0.950 bits per heavy atom. The third-order valence-electron chi connectivity index (χ3n) is 12.9. The van der Waals surface area contributed by atoms with Crippen LogP contribution in [0.2, 0.25) is 0 Å². The van der Waals surface area contributed by atoms with Gasteiger partial charge in [0.15, 0.2) is 0 Å². The smallest absolute Gasteiger partial charge is 0.283 e. The number of hydrogen-bond acceptors (Lipinski definition) is 3. The lowest BCUT2D eigenvalue weighted by Gasteiger charge is -2.41. The molecule has 0 bridgehead atoms. The molecule has 0 spiro atoms. The molecule has 60 heavy (non-hydrogen) atoms. The molecular weight excluding hydrogens is 803 g/mol. The molecule has 0 radical (unpaired) electrons. The Balaban J connectivity index is 0.0000348. The van der Waals surface area contributed by atoms with E-state index in [9.17, 15) is 0 Å². The van der Waals surface area contributed by atoms with Crippen LogP contribution in [-0.4, -0.2) is 49.9 Å². The van der Waals surface area contributed by atoms with Gasteiger partial charge in [-0.15, -0.1) is 0 Å². The summed E-state index contributed by atoms with van der Waals surface area (Å²) in [6, 6.07) is 11.3. The molecular formula is C55H106BrNO3. The zero-order valence-electron chi connectivity index (χ0n) is 41.3. The normalized spacial score (nSPS) is 12.0. The minimum atomic E-state index is -0.921. The first kappa shape index (κ1) is 59.5. The van der Waals surface area contributed by atoms with Crippen molar-refractivity contribution in [2.75, 3.05) is 39.5 Å². The maximum Gasteiger partial charge on any atom is 0.283 e. The SMILES string of the molecule is CCCCCCCCCCCCOC(CCC[N+](CCCC)(CCCC)Cc1ccccc1)(OCCCCCCCCCCCC)OCCCCCCCCCCCC.[Br-]. The number of hydrogen-bond donors (Lipinski definition) is 0. The average molecular weight is 909 g/mol. The van der Waals surface area contributed by atoms with Crippen LogP contribution in [0.4, 0.5) is 0 Å². The van der Waals surface area contributed by atoms with Crippen molar-refractivity contribution in [1.82, 2.24) is 0 Å². The summed E-state index contributed by atoms with van der Waals surface area (Å²) in [5.74, 6) is -0.921. The highest BCUT2D eigenvalue weighted by Crippen LogP contribution is 2.28. The van der Waals surface area contributed by atoms with Crippen molar-refractivity contribution in [3.05, 3.63) is 35.9 Å². The fourth-order valence-electron chi connectivity index (χ4n) is 8.95. The number of nitrogens with zero attached hydrogens (tertiary/aromatic N) is 1. The molecule has 0 aromatic heterocycles. The van der Waals surface area contributed by atoms with Crippen LogP contribution in [0.25, 0.3) is 0 Å². The predicted octanol–water partition coefficient (Wildman–Crippen LogP) is 14.9. The van der Waals surface area contributed by atoms with Crippen molar-refractivity contribution in [2.45, 2.75) is 278 Å². The number of rotatable bonds is 48. The van der Waals surface area contributed by atoms with E-state index >= 15 is 0 Å². The van der Waals surface area contributed by atoms with E-state index < -0.39 is 5.97 Å². The highest BCUT2D eigenvalue weighted by Gasteiger charge is 2.36. The Hall–Kier alpha value is -0.460. The van der Waals surface area contributed by atoms with Gasteiger partial charge in [0.2, 0.25) is 0 Å². The van der Waals surface area contributed by atoms with Crippen LogP contribution in [0, 0.1) is 0 Å². The maximum atomic E-state index is 6.93. The second kappa shape index (κ2) is 45.1. The Morgan fingerprint density at radius 2 is 0.633 bits per heavy atom. The molecule has 0 N–H and O–H groups in total. The molecule has 0 atom stereocenters. The van der Waals surface area contributed by atoms with Gasteiger partial charge in [-0.05, 0) is 32.1 Å². The van der Waals surface area contributed by atoms with E-state index in [1.54, 1.807) is 0 Å². The summed E-state index contributed by atoms with van der Waals surface area (Å²) in [6.45, 7) is 18.6. The summed E-state index contributed by atoms with van der Waals surface area (Å²) < 4.78 is 22.0. The second-order valence-electron chi connectivity index (χ2n) is 18.7. The molecule has 356 valence electrons. The fourth-order valence-corrected chi connectivity index (χ4v) is 8.95. The zero-order valence-corrected chi connectivity index (χ0v) is 42.9. The molecule has 1 aromatic carbocycles. The van der Waals surface area contributed by atoms with Gasteiger partial charge < -0.3 is 35.7 Å². The molecule has 0 saturated carbocycles. The first-order valence-corrected chi connectivity index (χ1v) is 26.9. The lowest BCUT2D eigenvalue weighted by molar-refractivity contribution is -0.941. The third-order valence-corrected chi connectivity index (χ3v) is 12.9. The van der Waals surface area contributed by atoms with E-state index in [0.29, 0.717) is 0 Å². The number of unbranched alkanes of at least 4 members (excludes halogenated alkanes) is 29. The van der Waals surface area contributed by atoms with Gasteiger partial charge in [0.05, 0.1) is 39.5 Å². The molecule has 0 heterocycles. The molecule has 0 aliphatic carbocycles. The van der Waals surface area contributed by atoms with E-state index in [1.807, 2.05) is 0 Å². The molecule has 0 unspecified atom stereocenters. The Morgan fingerprint density at radius 1 is 0.350 bits per heavy atom. The second-order valence-corrected chi connectivity index (χ2v) is 18.7. The lowest BCUT2D eigenvalue weighted by Crippen LogP contribution is -3.00. The standard InChI is InChI=1S/C55H106NO3.BrH/c1-6-11-16-19-22-25-28-31-34-40-50-57-55(58-51-41-35-32-29-26-23-20-17-12-7-2,59-52-42-36-33-30-27-24-21-18-13-8-3)46-43-49-56(47-14-9-4,48-15-10-5)53-54-44-38-37-39-45-54;/h37-39,44-45H,6-36,40-43,46-53H2,1-5H3;1H/q+1;/p-1. The van der Waals surface area contributed by atoms with E-state index in [0.717, 1.165) is 69.5 Å². The summed E-state index contributed by atoms with van der Waals surface area (Å²) in [5, 5.41) is 0. The van der Waals surface area contributed by atoms with Crippen molar-refractivity contribution in [2.24, 2.45) is 0 Å². The molecule has 0 aliphatic rings. The first-order chi connectivity index (χ1) is 29.1. The van der Waals surface area contributed by atoms with Crippen molar-refractivity contribution in [3.8, 4) is 0 Å². The molecule has 0 saturated heterocycles.